The van der Waals surface area contributed by atoms with Crippen LogP contribution in [-0.4, -0.2) is 44.3 Å². The molecule has 0 unspecified atom stereocenters. The van der Waals surface area contributed by atoms with E-state index in [-0.39, 0.29) is 17.3 Å². The third-order valence-corrected chi connectivity index (χ3v) is 8.42. The number of benzene rings is 3. The van der Waals surface area contributed by atoms with Gasteiger partial charge >= 0.3 is 0 Å². The predicted octanol–water partition coefficient (Wildman–Crippen LogP) is 5.20. The second kappa shape index (κ2) is 13.1. The van der Waals surface area contributed by atoms with Crippen LogP contribution in [0.5, 0.6) is 0 Å². The van der Waals surface area contributed by atoms with Gasteiger partial charge in [-0.25, -0.2) is 8.42 Å². The highest BCUT2D eigenvalue weighted by Crippen LogP contribution is 2.26. The molecule has 0 aliphatic heterocycles. The van der Waals surface area contributed by atoms with Crippen molar-refractivity contribution in [2.24, 2.45) is 0 Å². The smallest absolute Gasteiger partial charge is 0.264 e. The highest BCUT2D eigenvalue weighted by atomic mass is 79.9. The minimum Gasteiger partial charge on any atom is -0.354 e. The third-order valence-electron chi connectivity index (χ3n) is 6.14. The van der Waals surface area contributed by atoms with Crippen LogP contribution in [0.4, 0.5) is 5.69 Å². The summed E-state index contributed by atoms with van der Waals surface area (Å²) in [5, 5.41) is 2.84. The number of amides is 2. The van der Waals surface area contributed by atoms with Gasteiger partial charge in [-0.05, 0) is 74.7 Å². The number of hydrogen-bond donors (Lipinski definition) is 1. The standard InChI is InChI=1S/C29H34BrN3O4S/c1-5-16-31-29(35)23(4)32(19-24-9-7-10-25(30)18-24)28(34)20-33(26-11-6-8-22(3)17-26)38(36,37)27-14-12-21(2)13-15-27/h6-15,17-18,23H,5,16,19-20H2,1-4H3,(H,31,35)/t23-/m0/s1. The second-order valence-electron chi connectivity index (χ2n) is 9.28. The van der Waals surface area contributed by atoms with Crippen LogP contribution in [0.1, 0.15) is 37.0 Å². The van der Waals surface area contributed by atoms with Gasteiger partial charge in [0.1, 0.15) is 12.6 Å². The third kappa shape index (κ3) is 7.45. The molecule has 0 spiro atoms. The van der Waals surface area contributed by atoms with Crippen LogP contribution in [0.2, 0.25) is 0 Å². The molecule has 0 aliphatic rings. The van der Waals surface area contributed by atoms with E-state index in [1.165, 1.54) is 17.0 Å². The van der Waals surface area contributed by atoms with Gasteiger partial charge < -0.3 is 10.2 Å². The van der Waals surface area contributed by atoms with Crippen molar-refractivity contribution in [2.75, 3.05) is 17.4 Å². The zero-order valence-electron chi connectivity index (χ0n) is 22.1. The minimum atomic E-state index is -4.08. The van der Waals surface area contributed by atoms with Crippen molar-refractivity contribution < 1.29 is 18.0 Å². The minimum absolute atomic E-state index is 0.0877. The Morgan fingerprint density at radius 3 is 2.26 bits per heavy atom. The molecule has 3 rings (SSSR count). The van der Waals surface area contributed by atoms with Crippen molar-refractivity contribution in [2.45, 2.75) is 51.6 Å². The normalized spacial score (nSPS) is 12.0. The topological polar surface area (TPSA) is 86.8 Å². The maximum absolute atomic E-state index is 13.9. The molecule has 7 nitrogen and oxygen atoms in total. The summed E-state index contributed by atoms with van der Waals surface area (Å²) in [5.74, 6) is -0.778. The fourth-order valence-electron chi connectivity index (χ4n) is 3.96. The number of nitrogens with zero attached hydrogens (tertiary/aromatic N) is 2. The predicted molar refractivity (Wildman–Crippen MR) is 154 cm³/mol. The summed E-state index contributed by atoms with van der Waals surface area (Å²) in [4.78, 5) is 28.3. The molecule has 0 aromatic heterocycles. The van der Waals surface area contributed by atoms with Gasteiger partial charge in [0.15, 0.2) is 0 Å². The van der Waals surface area contributed by atoms with E-state index in [0.29, 0.717) is 12.2 Å². The summed E-state index contributed by atoms with van der Waals surface area (Å²) >= 11 is 3.45. The van der Waals surface area contributed by atoms with Gasteiger partial charge in [-0.2, -0.15) is 0 Å². The molecule has 0 radical (unpaired) electrons. The second-order valence-corrected chi connectivity index (χ2v) is 12.1. The van der Waals surface area contributed by atoms with E-state index in [2.05, 4.69) is 21.2 Å². The Bertz CT molecular complexity index is 1380. The molecule has 0 aliphatic carbocycles. The SMILES string of the molecule is CCCNC(=O)[C@H](C)N(Cc1cccc(Br)c1)C(=O)CN(c1cccc(C)c1)S(=O)(=O)c1ccc(C)cc1. The van der Waals surface area contributed by atoms with Crippen LogP contribution in [0.3, 0.4) is 0 Å². The zero-order valence-corrected chi connectivity index (χ0v) is 24.6. The van der Waals surface area contributed by atoms with Crippen LogP contribution in [0.15, 0.2) is 82.2 Å². The maximum Gasteiger partial charge on any atom is 0.264 e. The molecule has 0 saturated carbocycles. The number of carbonyl (C=O) groups is 2. The van der Waals surface area contributed by atoms with Crippen molar-refractivity contribution in [3.8, 4) is 0 Å². The molecule has 3 aromatic rings. The summed E-state index contributed by atoms with van der Waals surface area (Å²) in [6.07, 6.45) is 0.758. The fourth-order valence-corrected chi connectivity index (χ4v) is 5.81. The van der Waals surface area contributed by atoms with Gasteiger partial charge in [0.2, 0.25) is 11.8 Å². The van der Waals surface area contributed by atoms with Gasteiger partial charge in [0, 0.05) is 17.6 Å². The lowest BCUT2D eigenvalue weighted by Crippen LogP contribution is -2.51. The molecule has 0 heterocycles. The summed E-state index contributed by atoms with van der Waals surface area (Å²) in [7, 11) is -4.08. The largest absolute Gasteiger partial charge is 0.354 e. The number of sulfonamides is 1. The van der Waals surface area contributed by atoms with Gasteiger partial charge in [0.25, 0.3) is 10.0 Å². The number of nitrogens with one attached hydrogen (secondary N) is 1. The van der Waals surface area contributed by atoms with Gasteiger partial charge in [0.05, 0.1) is 10.6 Å². The van der Waals surface area contributed by atoms with Crippen molar-refractivity contribution in [1.82, 2.24) is 10.2 Å². The monoisotopic (exact) mass is 599 g/mol. The van der Waals surface area contributed by atoms with Gasteiger partial charge in [-0.1, -0.05) is 64.8 Å². The number of halogens is 1. The Balaban J connectivity index is 2.02. The van der Waals surface area contributed by atoms with Crippen molar-refractivity contribution in [3.63, 3.8) is 0 Å². The maximum atomic E-state index is 13.9. The van der Waals surface area contributed by atoms with E-state index < -0.39 is 28.5 Å². The first-order valence-corrected chi connectivity index (χ1v) is 14.7. The van der Waals surface area contributed by atoms with Crippen LogP contribution >= 0.6 is 15.9 Å². The Morgan fingerprint density at radius 1 is 0.947 bits per heavy atom. The molecule has 0 bridgehead atoms. The first-order chi connectivity index (χ1) is 18.0. The highest BCUT2D eigenvalue weighted by molar-refractivity contribution is 9.10. The van der Waals surface area contributed by atoms with Crippen LogP contribution in [-0.2, 0) is 26.2 Å². The average molecular weight is 601 g/mol. The number of aryl methyl sites for hydroxylation is 2. The molecule has 2 amide bonds. The van der Waals surface area contributed by atoms with E-state index in [4.69, 9.17) is 0 Å². The lowest BCUT2D eigenvalue weighted by atomic mass is 10.1. The zero-order chi connectivity index (χ0) is 27.9. The Morgan fingerprint density at radius 2 is 1.63 bits per heavy atom. The van der Waals surface area contributed by atoms with E-state index in [0.717, 1.165) is 31.9 Å². The summed E-state index contributed by atoms with van der Waals surface area (Å²) < 4.78 is 29.6. The Kier molecular flexibility index (Phi) is 10.1. The van der Waals surface area contributed by atoms with Crippen molar-refractivity contribution >= 4 is 43.5 Å². The van der Waals surface area contributed by atoms with E-state index in [1.54, 1.807) is 37.3 Å². The van der Waals surface area contributed by atoms with Crippen molar-refractivity contribution in [1.29, 1.82) is 0 Å². The molecule has 202 valence electrons. The van der Waals surface area contributed by atoms with Crippen LogP contribution < -0.4 is 9.62 Å². The number of anilines is 1. The fraction of sp³-hybridized carbons (Fsp3) is 0.310. The quantitative estimate of drug-likeness (QED) is 0.328. The Labute approximate surface area is 234 Å². The summed E-state index contributed by atoms with van der Waals surface area (Å²) in [6, 6.07) is 20.2. The average Bonchev–Trinajstić information content (AvgIpc) is 2.88. The first-order valence-electron chi connectivity index (χ1n) is 12.5. The molecule has 38 heavy (non-hydrogen) atoms. The number of rotatable bonds is 11. The lowest BCUT2D eigenvalue weighted by Gasteiger charge is -2.32. The van der Waals surface area contributed by atoms with E-state index in [1.807, 2.05) is 51.1 Å². The highest BCUT2D eigenvalue weighted by Gasteiger charge is 2.32. The number of hydrogen-bond acceptors (Lipinski definition) is 4. The molecule has 0 fully saturated rings. The molecule has 1 N–H and O–H groups in total. The lowest BCUT2D eigenvalue weighted by molar-refractivity contribution is -0.139. The number of carbonyl (C=O) groups excluding carboxylic acids is 2. The molecule has 3 aromatic carbocycles. The first kappa shape index (κ1) is 29.4. The Hall–Kier alpha value is -3.17. The van der Waals surface area contributed by atoms with Gasteiger partial charge in [-0.3, -0.25) is 13.9 Å². The molecular formula is C29H34BrN3O4S. The van der Waals surface area contributed by atoms with Crippen LogP contribution in [0, 0.1) is 13.8 Å². The van der Waals surface area contributed by atoms with Crippen molar-refractivity contribution in [3.05, 3.63) is 94.0 Å². The molecule has 0 saturated heterocycles. The van der Waals surface area contributed by atoms with Gasteiger partial charge in [-0.15, -0.1) is 0 Å². The summed E-state index contributed by atoms with van der Waals surface area (Å²) in [6.45, 7) is 7.52. The molecular weight excluding hydrogens is 566 g/mol. The molecule has 1 atom stereocenters. The van der Waals surface area contributed by atoms with E-state index >= 15 is 0 Å². The molecule has 9 heteroatoms. The van der Waals surface area contributed by atoms with Crippen LogP contribution in [0.25, 0.3) is 0 Å². The van der Waals surface area contributed by atoms with E-state index in [9.17, 15) is 18.0 Å². The summed E-state index contributed by atoms with van der Waals surface area (Å²) in [5.41, 5.74) is 2.97.